The Morgan fingerprint density at radius 2 is 1.53 bits per heavy atom. The molecule has 0 saturated heterocycles. The fourth-order valence-electron chi connectivity index (χ4n) is 3.34. The van der Waals surface area contributed by atoms with E-state index in [0.29, 0.717) is 6.42 Å². The molecule has 100 valence electrons. The third-order valence-electron chi connectivity index (χ3n) is 4.20. The van der Waals surface area contributed by atoms with Crippen LogP contribution < -0.4 is 0 Å². The largest absolute Gasteiger partial charge is 0.481 e. The summed E-state index contributed by atoms with van der Waals surface area (Å²) in [6, 6.07) is 0. The van der Waals surface area contributed by atoms with Gasteiger partial charge >= 0.3 is 5.97 Å². The maximum atomic E-state index is 11.2. The van der Waals surface area contributed by atoms with Crippen molar-refractivity contribution in [2.24, 2.45) is 0 Å². The molecule has 1 N–H and O–H groups in total. The molecule has 0 unspecified atom stereocenters. The Morgan fingerprint density at radius 3 is 1.94 bits per heavy atom. The van der Waals surface area contributed by atoms with Crippen molar-refractivity contribution < 1.29 is 9.90 Å². The van der Waals surface area contributed by atoms with Crippen molar-refractivity contribution in [3.05, 3.63) is 0 Å². The lowest BCUT2D eigenvalue weighted by Gasteiger charge is -2.44. The second-order valence-electron chi connectivity index (χ2n) is 5.23. The molecule has 0 aromatic carbocycles. The number of aliphatic carboxylic acids is 1. The first-order chi connectivity index (χ1) is 8.14. The Morgan fingerprint density at radius 1 is 1.06 bits per heavy atom. The lowest BCUT2D eigenvalue weighted by Crippen LogP contribution is -2.50. The van der Waals surface area contributed by atoms with Gasteiger partial charge in [0.15, 0.2) is 0 Å². The van der Waals surface area contributed by atoms with E-state index in [4.69, 9.17) is 0 Å². The maximum absolute atomic E-state index is 11.2. The molecule has 0 radical (unpaired) electrons. The Bertz CT molecular complexity index is 228. The molecule has 1 aliphatic rings. The van der Waals surface area contributed by atoms with Gasteiger partial charge in [-0.25, -0.2) is 0 Å². The van der Waals surface area contributed by atoms with Gasteiger partial charge in [-0.1, -0.05) is 46.0 Å². The molecule has 0 spiro atoms. The number of carboxylic acid groups (broad SMARTS) is 1. The smallest absolute Gasteiger partial charge is 0.305 e. The third-order valence-corrected chi connectivity index (χ3v) is 4.20. The number of carboxylic acids is 1. The molecule has 0 atom stereocenters. The van der Waals surface area contributed by atoms with Gasteiger partial charge in [-0.05, 0) is 25.9 Å². The highest BCUT2D eigenvalue weighted by Gasteiger charge is 2.36. The lowest BCUT2D eigenvalue weighted by atomic mass is 9.80. The molecule has 0 amide bonds. The predicted molar refractivity (Wildman–Crippen MR) is 70.2 cm³/mol. The van der Waals surface area contributed by atoms with Gasteiger partial charge in [0.2, 0.25) is 0 Å². The first-order valence-corrected chi connectivity index (χ1v) is 7.11. The van der Waals surface area contributed by atoms with Crippen LogP contribution >= 0.6 is 0 Å². The van der Waals surface area contributed by atoms with Crippen LogP contribution in [0.15, 0.2) is 0 Å². The third kappa shape index (κ3) is 3.98. The van der Waals surface area contributed by atoms with Crippen LogP contribution in [0.1, 0.15) is 65.2 Å². The molecule has 0 aromatic rings. The van der Waals surface area contributed by atoms with E-state index in [2.05, 4.69) is 18.7 Å². The van der Waals surface area contributed by atoms with Crippen LogP contribution in [0.5, 0.6) is 0 Å². The van der Waals surface area contributed by atoms with Crippen LogP contribution in [0.4, 0.5) is 0 Å². The highest BCUT2D eigenvalue weighted by atomic mass is 16.4. The summed E-state index contributed by atoms with van der Waals surface area (Å²) in [5, 5.41) is 9.21. The zero-order valence-corrected chi connectivity index (χ0v) is 11.4. The zero-order valence-electron chi connectivity index (χ0n) is 11.4. The first-order valence-electron chi connectivity index (χ1n) is 7.11. The van der Waals surface area contributed by atoms with Gasteiger partial charge in [-0.2, -0.15) is 0 Å². The van der Waals surface area contributed by atoms with E-state index in [1.54, 1.807) is 0 Å². The van der Waals surface area contributed by atoms with E-state index in [0.717, 1.165) is 25.9 Å². The Balaban J connectivity index is 2.83. The molecule has 17 heavy (non-hydrogen) atoms. The van der Waals surface area contributed by atoms with Gasteiger partial charge in [0.05, 0.1) is 6.42 Å². The molecule has 3 heteroatoms. The topological polar surface area (TPSA) is 40.5 Å². The number of rotatable bonds is 5. The Hall–Kier alpha value is -0.570. The van der Waals surface area contributed by atoms with E-state index in [9.17, 15) is 9.90 Å². The minimum Gasteiger partial charge on any atom is -0.481 e. The highest BCUT2D eigenvalue weighted by molar-refractivity contribution is 5.68. The summed E-state index contributed by atoms with van der Waals surface area (Å²) < 4.78 is 0. The quantitative estimate of drug-likeness (QED) is 0.803. The van der Waals surface area contributed by atoms with Crippen LogP contribution in [-0.4, -0.2) is 34.6 Å². The summed E-state index contributed by atoms with van der Waals surface area (Å²) in [7, 11) is 0. The van der Waals surface area contributed by atoms with Crippen molar-refractivity contribution >= 4 is 5.97 Å². The summed E-state index contributed by atoms with van der Waals surface area (Å²) in [5.41, 5.74) is -0.0737. The van der Waals surface area contributed by atoms with E-state index in [1.807, 2.05) is 0 Å². The lowest BCUT2D eigenvalue weighted by molar-refractivity contribution is -0.141. The zero-order chi connectivity index (χ0) is 12.7. The van der Waals surface area contributed by atoms with Crippen LogP contribution in [0.25, 0.3) is 0 Å². The van der Waals surface area contributed by atoms with Crippen molar-refractivity contribution in [3.63, 3.8) is 0 Å². The average molecular weight is 241 g/mol. The molecule has 0 aliphatic heterocycles. The van der Waals surface area contributed by atoms with Gasteiger partial charge in [0.25, 0.3) is 0 Å². The summed E-state index contributed by atoms with van der Waals surface area (Å²) in [5.74, 6) is -0.641. The number of hydrogen-bond donors (Lipinski definition) is 1. The van der Waals surface area contributed by atoms with Crippen molar-refractivity contribution in [2.75, 3.05) is 13.1 Å². The molecule has 1 saturated carbocycles. The van der Waals surface area contributed by atoms with Crippen molar-refractivity contribution in [1.29, 1.82) is 0 Å². The SMILES string of the molecule is CCN(CC)C1(CC(=O)O)CCCCCCC1. The Kier molecular flexibility index (Phi) is 5.96. The van der Waals surface area contributed by atoms with Crippen LogP contribution in [0, 0.1) is 0 Å². The van der Waals surface area contributed by atoms with E-state index in [1.165, 1.54) is 32.1 Å². The second-order valence-corrected chi connectivity index (χ2v) is 5.23. The molecule has 3 nitrogen and oxygen atoms in total. The van der Waals surface area contributed by atoms with Gasteiger partial charge in [-0.15, -0.1) is 0 Å². The van der Waals surface area contributed by atoms with Gasteiger partial charge in [0, 0.05) is 5.54 Å². The summed E-state index contributed by atoms with van der Waals surface area (Å²) in [6.45, 7) is 6.21. The minimum atomic E-state index is -0.641. The Labute approximate surface area is 105 Å². The molecule has 1 aliphatic carbocycles. The van der Waals surface area contributed by atoms with Crippen LogP contribution in [-0.2, 0) is 4.79 Å². The fourth-order valence-corrected chi connectivity index (χ4v) is 3.34. The van der Waals surface area contributed by atoms with Gasteiger partial charge < -0.3 is 5.11 Å². The standard InChI is InChI=1S/C14H27NO2/c1-3-15(4-2)14(12-13(16)17)10-8-6-5-7-9-11-14/h3-12H2,1-2H3,(H,16,17). The molecule has 1 rings (SSSR count). The number of carbonyl (C=O) groups is 1. The van der Waals surface area contributed by atoms with E-state index >= 15 is 0 Å². The minimum absolute atomic E-state index is 0.0737. The molecule has 0 aromatic heterocycles. The predicted octanol–water partition coefficient (Wildman–Crippen LogP) is 3.29. The summed E-state index contributed by atoms with van der Waals surface area (Å²) >= 11 is 0. The van der Waals surface area contributed by atoms with E-state index in [-0.39, 0.29) is 5.54 Å². The summed E-state index contributed by atoms with van der Waals surface area (Å²) in [6.07, 6.45) is 8.65. The average Bonchev–Trinajstić information content (AvgIpc) is 2.24. The first kappa shape index (κ1) is 14.5. The monoisotopic (exact) mass is 241 g/mol. The van der Waals surface area contributed by atoms with E-state index < -0.39 is 5.97 Å². The van der Waals surface area contributed by atoms with Crippen molar-refractivity contribution in [1.82, 2.24) is 4.90 Å². The number of hydrogen-bond acceptors (Lipinski definition) is 2. The molecule has 1 fully saturated rings. The van der Waals surface area contributed by atoms with Gasteiger partial charge in [-0.3, -0.25) is 9.69 Å². The molecule has 0 bridgehead atoms. The van der Waals surface area contributed by atoms with Gasteiger partial charge in [0.1, 0.15) is 0 Å². The van der Waals surface area contributed by atoms with Crippen LogP contribution in [0.2, 0.25) is 0 Å². The molecular formula is C14H27NO2. The number of nitrogens with zero attached hydrogens (tertiary/aromatic N) is 1. The second kappa shape index (κ2) is 7.00. The van der Waals surface area contributed by atoms with Crippen LogP contribution in [0.3, 0.4) is 0 Å². The van der Waals surface area contributed by atoms with Crippen molar-refractivity contribution in [3.8, 4) is 0 Å². The highest BCUT2D eigenvalue weighted by Crippen LogP contribution is 2.34. The summed E-state index contributed by atoms with van der Waals surface area (Å²) in [4.78, 5) is 13.6. The molecular weight excluding hydrogens is 214 g/mol. The van der Waals surface area contributed by atoms with Crippen molar-refractivity contribution in [2.45, 2.75) is 70.8 Å². The fraction of sp³-hybridized carbons (Fsp3) is 0.929. The maximum Gasteiger partial charge on any atom is 0.305 e. The normalized spacial score (nSPS) is 20.9. The molecule has 0 heterocycles.